The minimum Gasteiger partial charge on any atom is -0.338 e. The second-order valence-corrected chi connectivity index (χ2v) is 6.89. The highest BCUT2D eigenvalue weighted by Crippen LogP contribution is 2.35. The van der Waals surface area contributed by atoms with Gasteiger partial charge >= 0.3 is 0 Å². The molecule has 2 atom stereocenters. The van der Waals surface area contributed by atoms with Crippen LogP contribution in [0.25, 0.3) is 0 Å². The molecule has 4 nitrogen and oxygen atoms in total. The van der Waals surface area contributed by atoms with Crippen LogP contribution in [0.3, 0.4) is 0 Å². The molecule has 2 aliphatic heterocycles. The van der Waals surface area contributed by atoms with Crippen molar-refractivity contribution in [3.63, 3.8) is 0 Å². The molecule has 0 radical (unpaired) electrons. The van der Waals surface area contributed by atoms with E-state index < -0.39 is 0 Å². The minimum absolute atomic E-state index is 0.284. The molecule has 94 valence electrons. The zero-order valence-corrected chi connectivity index (χ0v) is 11.4. The molecule has 0 amide bonds. The molecular weight excluding hydrogens is 254 g/mol. The number of nitrogens with one attached hydrogen (secondary N) is 1. The SMILES string of the molecule is C1CC[C@H](c2nc(C3CSCCS3)no2)NC1. The quantitative estimate of drug-likeness (QED) is 0.891. The highest BCUT2D eigenvalue weighted by molar-refractivity contribution is 8.06. The molecule has 1 N–H and O–H groups in total. The van der Waals surface area contributed by atoms with Crippen molar-refractivity contribution >= 4 is 23.5 Å². The Bertz CT molecular complexity index is 327. The summed E-state index contributed by atoms with van der Waals surface area (Å²) >= 11 is 3.93. The van der Waals surface area contributed by atoms with E-state index in [-0.39, 0.29) is 6.04 Å². The first-order chi connectivity index (χ1) is 8.43. The Morgan fingerprint density at radius 3 is 3.06 bits per heavy atom. The van der Waals surface area contributed by atoms with E-state index in [2.05, 4.69) is 15.5 Å². The second-order valence-electron chi connectivity index (χ2n) is 4.43. The van der Waals surface area contributed by atoms with E-state index in [0.717, 1.165) is 30.4 Å². The van der Waals surface area contributed by atoms with Crippen LogP contribution in [0.5, 0.6) is 0 Å². The molecule has 17 heavy (non-hydrogen) atoms. The van der Waals surface area contributed by atoms with E-state index in [9.17, 15) is 0 Å². The van der Waals surface area contributed by atoms with Gasteiger partial charge in [-0.15, -0.1) is 11.8 Å². The van der Waals surface area contributed by atoms with Crippen LogP contribution in [0, 0.1) is 0 Å². The second kappa shape index (κ2) is 5.63. The topological polar surface area (TPSA) is 51.0 Å². The third-order valence-corrected chi connectivity index (χ3v) is 5.92. The predicted molar refractivity (Wildman–Crippen MR) is 71.4 cm³/mol. The van der Waals surface area contributed by atoms with Gasteiger partial charge in [-0.1, -0.05) is 11.6 Å². The maximum Gasteiger partial charge on any atom is 0.243 e. The van der Waals surface area contributed by atoms with Crippen LogP contribution in [-0.4, -0.2) is 33.9 Å². The Kier molecular flexibility index (Phi) is 3.93. The number of hydrogen-bond acceptors (Lipinski definition) is 6. The molecule has 0 bridgehead atoms. The molecule has 2 saturated heterocycles. The monoisotopic (exact) mass is 271 g/mol. The summed E-state index contributed by atoms with van der Waals surface area (Å²) in [4.78, 5) is 4.58. The highest BCUT2D eigenvalue weighted by atomic mass is 32.2. The average Bonchev–Trinajstić information content (AvgIpc) is 2.90. The van der Waals surface area contributed by atoms with Gasteiger partial charge in [0.1, 0.15) is 0 Å². The average molecular weight is 271 g/mol. The molecule has 2 aliphatic rings. The summed E-state index contributed by atoms with van der Waals surface area (Å²) in [6.07, 6.45) is 3.63. The zero-order chi connectivity index (χ0) is 11.5. The Morgan fingerprint density at radius 2 is 2.29 bits per heavy atom. The van der Waals surface area contributed by atoms with E-state index in [1.165, 1.54) is 24.3 Å². The number of aromatic nitrogens is 2. The van der Waals surface area contributed by atoms with Crippen LogP contribution in [0.15, 0.2) is 4.52 Å². The molecule has 2 fully saturated rings. The lowest BCUT2D eigenvalue weighted by Crippen LogP contribution is -2.27. The Labute approximate surface area is 110 Å². The van der Waals surface area contributed by atoms with Gasteiger partial charge in [-0.2, -0.15) is 16.7 Å². The first-order valence-corrected chi connectivity index (χ1v) is 8.40. The van der Waals surface area contributed by atoms with Gasteiger partial charge < -0.3 is 9.84 Å². The first-order valence-electron chi connectivity index (χ1n) is 6.20. The van der Waals surface area contributed by atoms with E-state index in [4.69, 9.17) is 4.52 Å². The van der Waals surface area contributed by atoms with Gasteiger partial charge in [0, 0.05) is 17.3 Å². The molecule has 1 aromatic heterocycles. The standard InChI is InChI=1S/C11H17N3OS2/c1-2-4-12-8(3-1)11-13-10(14-15-11)9-7-16-5-6-17-9/h8-9,12H,1-7H2/t8-,9?/m1/s1. The third kappa shape index (κ3) is 2.80. The van der Waals surface area contributed by atoms with Gasteiger partial charge in [0.05, 0.1) is 11.3 Å². The maximum absolute atomic E-state index is 5.41. The Balaban J connectivity index is 1.68. The summed E-state index contributed by atoms with van der Waals surface area (Å²) in [6.45, 7) is 1.07. The predicted octanol–water partition coefficient (Wildman–Crippen LogP) is 2.41. The van der Waals surface area contributed by atoms with Gasteiger partial charge in [0.25, 0.3) is 0 Å². The van der Waals surface area contributed by atoms with Gasteiger partial charge in [-0.3, -0.25) is 0 Å². The lowest BCUT2D eigenvalue weighted by molar-refractivity contribution is 0.296. The fraction of sp³-hybridized carbons (Fsp3) is 0.818. The molecule has 1 unspecified atom stereocenters. The minimum atomic E-state index is 0.284. The van der Waals surface area contributed by atoms with Crippen LogP contribution >= 0.6 is 23.5 Å². The molecule has 0 saturated carbocycles. The van der Waals surface area contributed by atoms with E-state index >= 15 is 0 Å². The molecule has 0 aromatic carbocycles. The van der Waals surface area contributed by atoms with E-state index in [0.29, 0.717) is 5.25 Å². The van der Waals surface area contributed by atoms with Crippen LogP contribution in [-0.2, 0) is 0 Å². The van der Waals surface area contributed by atoms with Gasteiger partial charge in [-0.25, -0.2) is 0 Å². The molecule has 3 heterocycles. The summed E-state index contributed by atoms with van der Waals surface area (Å²) in [5.41, 5.74) is 0. The smallest absolute Gasteiger partial charge is 0.243 e. The van der Waals surface area contributed by atoms with Crippen LogP contribution in [0.2, 0.25) is 0 Å². The lowest BCUT2D eigenvalue weighted by Gasteiger charge is -2.19. The van der Waals surface area contributed by atoms with Crippen molar-refractivity contribution in [1.82, 2.24) is 15.5 Å². The summed E-state index contributed by atoms with van der Waals surface area (Å²) in [7, 11) is 0. The Morgan fingerprint density at radius 1 is 1.29 bits per heavy atom. The first kappa shape index (κ1) is 11.9. The van der Waals surface area contributed by atoms with Crippen molar-refractivity contribution in [2.45, 2.75) is 30.6 Å². The number of rotatable bonds is 2. The van der Waals surface area contributed by atoms with Gasteiger partial charge in [0.15, 0.2) is 5.82 Å². The van der Waals surface area contributed by atoms with Gasteiger partial charge in [-0.05, 0) is 19.4 Å². The van der Waals surface area contributed by atoms with Crippen molar-refractivity contribution in [3.8, 4) is 0 Å². The van der Waals surface area contributed by atoms with Gasteiger partial charge in [0.2, 0.25) is 5.89 Å². The molecule has 0 spiro atoms. The van der Waals surface area contributed by atoms with Crippen molar-refractivity contribution in [2.24, 2.45) is 0 Å². The third-order valence-electron chi connectivity index (χ3n) is 3.17. The fourth-order valence-electron chi connectivity index (χ4n) is 2.22. The lowest BCUT2D eigenvalue weighted by atomic mass is 10.1. The molecule has 1 aromatic rings. The summed E-state index contributed by atoms with van der Waals surface area (Å²) in [5, 5.41) is 8.02. The fourth-order valence-corrected chi connectivity index (χ4v) is 4.81. The largest absolute Gasteiger partial charge is 0.338 e. The molecule has 0 aliphatic carbocycles. The highest BCUT2D eigenvalue weighted by Gasteiger charge is 2.25. The van der Waals surface area contributed by atoms with Crippen molar-refractivity contribution in [1.29, 1.82) is 0 Å². The van der Waals surface area contributed by atoms with E-state index in [1.54, 1.807) is 0 Å². The van der Waals surface area contributed by atoms with Crippen LogP contribution < -0.4 is 5.32 Å². The van der Waals surface area contributed by atoms with Crippen molar-refractivity contribution in [2.75, 3.05) is 23.8 Å². The number of nitrogens with zero attached hydrogens (tertiary/aromatic N) is 2. The molecule has 3 rings (SSSR count). The van der Waals surface area contributed by atoms with Crippen molar-refractivity contribution in [3.05, 3.63) is 11.7 Å². The summed E-state index contributed by atoms with van der Waals surface area (Å²) in [6, 6.07) is 0.284. The number of thioether (sulfide) groups is 2. The summed E-state index contributed by atoms with van der Waals surface area (Å²) in [5.74, 6) is 5.24. The van der Waals surface area contributed by atoms with Crippen molar-refractivity contribution < 1.29 is 4.52 Å². The normalized spacial score (nSPS) is 30.4. The molecular formula is C11H17N3OS2. The number of piperidine rings is 1. The summed E-state index contributed by atoms with van der Waals surface area (Å²) < 4.78 is 5.41. The zero-order valence-electron chi connectivity index (χ0n) is 9.72. The van der Waals surface area contributed by atoms with Crippen LogP contribution in [0.1, 0.15) is 42.3 Å². The van der Waals surface area contributed by atoms with Crippen LogP contribution in [0.4, 0.5) is 0 Å². The van der Waals surface area contributed by atoms with E-state index in [1.807, 2.05) is 23.5 Å². The Hall–Kier alpha value is -0.200. The maximum atomic E-state index is 5.41. The molecule has 6 heteroatoms. The number of hydrogen-bond donors (Lipinski definition) is 1.